The standard InChI is InChI=1S/C15H16N4O3S2/c1-24(20,21)19-11-2-4-12(5-3-11)22-8-7-16-14-13-6-9-23-15(13)18-10-17-14/h2-6,9-10,19H,7-8H2,1H3,(H,16,17,18). The van der Waals surface area contributed by atoms with Crippen LogP contribution in [0.5, 0.6) is 5.75 Å². The molecule has 0 spiro atoms. The first kappa shape index (κ1) is 16.5. The number of thiophene rings is 1. The highest BCUT2D eigenvalue weighted by Crippen LogP contribution is 2.23. The Morgan fingerprint density at radius 1 is 1.17 bits per heavy atom. The summed E-state index contributed by atoms with van der Waals surface area (Å²) in [6.45, 7) is 1.04. The second kappa shape index (κ2) is 7.02. The van der Waals surface area contributed by atoms with E-state index in [0.29, 0.717) is 24.6 Å². The Hall–Kier alpha value is -2.39. The number of benzene rings is 1. The van der Waals surface area contributed by atoms with Crippen LogP contribution < -0.4 is 14.8 Å². The first-order valence-corrected chi connectivity index (χ1v) is 9.91. The summed E-state index contributed by atoms with van der Waals surface area (Å²) in [6.07, 6.45) is 2.65. The largest absolute Gasteiger partial charge is 0.492 e. The molecule has 3 aromatic rings. The number of nitrogens with one attached hydrogen (secondary N) is 2. The molecule has 0 fully saturated rings. The van der Waals surface area contributed by atoms with Crippen molar-refractivity contribution in [3.63, 3.8) is 0 Å². The monoisotopic (exact) mass is 364 g/mol. The van der Waals surface area contributed by atoms with E-state index in [2.05, 4.69) is 20.0 Å². The van der Waals surface area contributed by atoms with Gasteiger partial charge in [0.2, 0.25) is 10.0 Å². The summed E-state index contributed by atoms with van der Waals surface area (Å²) < 4.78 is 30.3. The van der Waals surface area contributed by atoms with Gasteiger partial charge in [-0.3, -0.25) is 4.72 Å². The summed E-state index contributed by atoms with van der Waals surface area (Å²) in [5.41, 5.74) is 0.504. The molecule has 0 aliphatic rings. The highest BCUT2D eigenvalue weighted by atomic mass is 32.2. The Bertz CT molecular complexity index is 923. The van der Waals surface area contributed by atoms with Crippen LogP contribution in [0.3, 0.4) is 0 Å². The molecule has 2 heterocycles. The van der Waals surface area contributed by atoms with Crippen LogP contribution in [0.4, 0.5) is 11.5 Å². The topological polar surface area (TPSA) is 93.2 Å². The van der Waals surface area contributed by atoms with E-state index in [-0.39, 0.29) is 0 Å². The molecule has 0 unspecified atom stereocenters. The zero-order valence-electron chi connectivity index (χ0n) is 12.9. The summed E-state index contributed by atoms with van der Waals surface area (Å²) >= 11 is 1.57. The second-order valence-electron chi connectivity index (χ2n) is 5.04. The van der Waals surface area contributed by atoms with E-state index >= 15 is 0 Å². The Balaban J connectivity index is 1.51. The summed E-state index contributed by atoms with van der Waals surface area (Å²) in [5.74, 6) is 1.46. The molecule has 0 aliphatic heterocycles. The molecule has 0 amide bonds. The van der Waals surface area contributed by atoms with E-state index in [1.807, 2.05) is 11.4 Å². The van der Waals surface area contributed by atoms with Gasteiger partial charge in [-0.1, -0.05) is 0 Å². The van der Waals surface area contributed by atoms with Crippen LogP contribution in [0.2, 0.25) is 0 Å². The lowest BCUT2D eigenvalue weighted by atomic mass is 10.3. The van der Waals surface area contributed by atoms with Gasteiger partial charge in [-0.2, -0.15) is 0 Å². The number of anilines is 2. The molecule has 2 N–H and O–H groups in total. The van der Waals surface area contributed by atoms with Gasteiger partial charge in [0.25, 0.3) is 0 Å². The first-order chi connectivity index (χ1) is 11.5. The van der Waals surface area contributed by atoms with Gasteiger partial charge in [0.1, 0.15) is 29.3 Å². The maximum absolute atomic E-state index is 11.1. The molecule has 0 radical (unpaired) electrons. The molecule has 24 heavy (non-hydrogen) atoms. The van der Waals surface area contributed by atoms with E-state index in [1.54, 1.807) is 35.6 Å². The van der Waals surface area contributed by atoms with Crippen molar-refractivity contribution in [3.05, 3.63) is 42.0 Å². The fourth-order valence-corrected chi connectivity index (χ4v) is 3.40. The van der Waals surface area contributed by atoms with Crippen molar-refractivity contribution in [3.8, 4) is 5.75 Å². The second-order valence-corrected chi connectivity index (χ2v) is 7.68. The summed E-state index contributed by atoms with van der Waals surface area (Å²) in [6, 6.07) is 8.73. The molecule has 0 bridgehead atoms. The Labute approximate surface area is 143 Å². The molecule has 0 atom stereocenters. The Kier molecular flexibility index (Phi) is 4.81. The molecule has 0 saturated carbocycles. The normalized spacial score (nSPS) is 11.4. The molecular weight excluding hydrogens is 348 g/mol. The van der Waals surface area contributed by atoms with E-state index in [4.69, 9.17) is 4.74 Å². The van der Waals surface area contributed by atoms with Gasteiger partial charge in [0.05, 0.1) is 18.2 Å². The third-order valence-corrected chi connectivity index (χ3v) is 4.51. The highest BCUT2D eigenvalue weighted by Gasteiger charge is 2.04. The number of ether oxygens (including phenoxy) is 1. The maximum Gasteiger partial charge on any atom is 0.229 e. The fraction of sp³-hybridized carbons (Fsp3) is 0.200. The molecule has 0 aliphatic carbocycles. The minimum atomic E-state index is -3.27. The number of nitrogens with zero attached hydrogens (tertiary/aromatic N) is 2. The van der Waals surface area contributed by atoms with Crippen LogP contribution in [0, 0.1) is 0 Å². The van der Waals surface area contributed by atoms with Gasteiger partial charge in [-0.05, 0) is 35.7 Å². The first-order valence-electron chi connectivity index (χ1n) is 7.14. The zero-order valence-corrected chi connectivity index (χ0v) is 14.5. The number of sulfonamides is 1. The fourth-order valence-electron chi connectivity index (χ4n) is 2.10. The SMILES string of the molecule is CS(=O)(=O)Nc1ccc(OCCNc2ncnc3sccc23)cc1. The van der Waals surface area contributed by atoms with E-state index in [9.17, 15) is 8.42 Å². The number of fused-ring (bicyclic) bond motifs is 1. The van der Waals surface area contributed by atoms with Crippen LogP contribution in [-0.2, 0) is 10.0 Å². The van der Waals surface area contributed by atoms with Crippen LogP contribution >= 0.6 is 11.3 Å². The number of hydrogen-bond acceptors (Lipinski definition) is 7. The minimum Gasteiger partial charge on any atom is -0.492 e. The Morgan fingerprint density at radius 2 is 1.96 bits per heavy atom. The predicted octanol–water partition coefficient (Wildman–Crippen LogP) is 2.55. The third kappa shape index (κ3) is 4.33. The Morgan fingerprint density at radius 3 is 2.71 bits per heavy atom. The van der Waals surface area contributed by atoms with Gasteiger partial charge in [0.15, 0.2) is 0 Å². The minimum absolute atomic E-state index is 0.453. The summed E-state index contributed by atoms with van der Waals surface area (Å²) in [4.78, 5) is 9.38. The maximum atomic E-state index is 11.1. The predicted molar refractivity (Wildman–Crippen MR) is 96.3 cm³/mol. The molecule has 126 valence electrons. The van der Waals surface area contributed by atoms with Crippen LogP contribution in [-0.4, -0.2) is 37.8 Å². The zero-order chi connectivity index (χ0) is 17.0. The molecule has 7 nitrogen and oxygen atoms in total. The van der Waals surface area contributed by atoms with Gasteiger partial charge < -0.3 is 10.1 Å². The lowest BCUT2D eigenvalue weighted by Crippen LogP contribution is -2.12. The lowest BCUT2D eigenvalue weighted by Gasteiger charge is -2.09. The number of rotatable bonds is 7. The van der Waals surface area contributed by atoms with Gasteiger partial charge in [0, 0.05) is 5.69 Å². The highest BCUT2D eigenvalue weighted by molar-refractivity contribution is 7.92. The molecular formula is C15H16N4O3S2. The molecule has 3 rings (SSSR count). The van der Waals surface area contributed by atoms with Crippen molar-refractivity contribution in [2.45, 2.75) is 0 Å². The van der Waals surface area contributed by atoms with Crippen molar-refractivity contribution in [1.82, 2.24) is 9.97 Å². The van der Waals surface area contributed by atoms with Crippen molar-refractivity contribution >= 4 is 43.1 Å². The number of aromatic nitrogens is 2. The summed E-state index contributed by atoms with van der Waals surface area (Å²) in [7, 11) is -3.27. The number of hydrogen-bond donors (Lipinski definition) is 2. The van der Waals surface area contributed by atoms with Gasteiger partial charge in [-0.25, -0.2) is 18.4 Å². The average molecular weight is 364 g/mol. The summed E-state index contributed by atoms with van der Waals surface area (Å²) in [5, 5.41) is 6.20. The van der Waals surface area contributed by atoms with Crippen LogP contribution in [0.25, 0.3) is 10.2 Å². The molecule has 0 saturated heterocycles. The van der Waals surface area contributed by atoms with Crippen molar-refractivity contribution in [1.29, 1.82) is 0 Å². The van der Waals surface area contributed by atoms with Crippen LogP contribution in [0.1, 0.15) is 0 Å². The van der Waals surface area contributed by atoms with Gasteiger partial charge in [-0.15, -0.1) is 11.3 Å². The van der Waals surface area contributed by atoms with E-state index in [0.717, 1.165) is 22.3 Å². The van der Waals surface area contributed by atoms with Crippen molar-refractivity contribution < 1.29 is 13.2 Å². The average Bonchev–Trinajstić information content (AvgIpc) is 3.01. The van der Waals surface area contributed by atoms with Crippen molar-refractivity contribution in [2.24, 2.45) is 0 Å². The van der Waals surface area contributed by atoms with Crippen LogP contribution in [0.15, 0.2) is 42.0 Å². The third-order valence-electron chi connectivity index (χ3n) is 3.08. The molecule has 9 heteroatoms. The molecule has 1 aromatic carbocycles. The van der Waals surface area contributed by atoms with E-state index < -0.39 is 10.0 Å². The smallest absolute Gasteiger partial charge is 0.229 e. The quantitative estimate of drug-likeness (QED) is 0.626. The van der Waals surface area contributed by atoms with E-state index in [1.165, 1.54) is 6.33 Å². The van der Waals surface area contributed by atoms with Crippen molar-refractivity contribution in [2.75, 3.05) is 29.4 Å². The molecule has 2 aromatic heterocycles. The van der Waals surface area contributed by atoms with Gasteiger partial charge >= 0.3 is 0 Å². The lowest BCUT2D eigenvalue weighted by molar-refractivity contribution is 0.333.